The second-order valence-corrected chi connectivity index (χ2v) is 8.64. The van der Waals surface area contributed by atoms with Crippen LogP contribution in [0, 0.1) is 11.3 Å². The standard InChI is InChI=1S/C18H32N2S/c1-6-14(2)16-13-20(10-9-15-8-7-11-21-15)17(12-19-16)18(3,4)5/h7-8,11,14,16-17,19H,6,9-10,12-13H2,1-5H3. The third-order valence-corrected chi connectivity index (χ3v) is 5.94. The first-order valence-corrected chi connectivity index (χ1v) is 9.29. The van der Waals surface area contributed by atoms with E-state index in [9.17, 15) is 0 Å². The fraction of sp³-hybridized carbons (Fsp3) is 0.778. The number of hydrogen-bond acceptors (Lipinski definition) is 3. The second kappa shape index (κ2) is 7.26. The highest BCUT2D eigenvalue weighted by atomic mass is 32.1. The van der Waals surface area contributed by atoms with E-state index in [1.807, 2.05) is 11.3 Å². The smallest absolute Gasteiger partial charge is 0.0269 e. The van der Waals surface area contributed by atoms with E-state index in [1.54, 1.807) is 0 Å². The van der Waals surface area contributed by atoms with Crippen molar-refractivity contribution in [3.8, 4) is 0 Å². The third-order valence-electron chi connectivity index (χ3n) is 5.00. The van der Waals surface area contributed by atoms with E-state index in [0.717, 1.165) is 12.5 Å². The van der Waals surface area contributed by atoms with Gasteiger partial charge < -0.3 is 5.32 Å². The monoisotopic (exact) mass is 308 g/mol. The molecule has 2 heterocycles. The Kier molecular flexibility index (Phi) is 5.87. The molecule has 1 fully saturated rings. The van der Waals surface area contributed by atoms with E-state index in [0.29, 0.717) is 17.5 Å². The SMILES string of the molecule is CCC(C)C1CN(CCc2cccs2)C(C(C)(C)C)CN1. The number of piperazine rings is 1. The highest BCUT2D eigenvalue weighted by Gasteiger charge is 2.36. The van der Waals surface area contributed by atoms with Gasteiger partial charge in [-0.15, -0.1) is 11.3 Å². The number of hydrogen-bond donors (Lipinski definition) is 1. The average molecular weight is 309 g/mol. The summed E-state index contributed by atoms with van der Waals surface area (Å²) in [5.41, 5.74) is 0.336. The van der Waals surface area contributed by atoms with Crippen molar-refractivity contribution in [3.05, 3.63) is 22.4 Å². The molecular weight excluding hydrogens is 276 g/mol. The first-order chi connectivity index (χ1) is 9.91. The van der Waals surface area contributed by atoms with Gasteiger partial charge >= 0.3 is 0 Å². The van der Waals surface area contributed by atoms with Crippen molar-refractivity contribution >= 4 is 11.3 Å². The van der Waals surface area contributed by atoms with Gasteiger partial charge in [0.25, 0.3) is 0 Å². The van der Waals surface area contributed by atoms with Gasteiger partial charge in [-0.05, 0) is 29.2 Å². The molecule has 1 saturated heterocycles. The quantitative estimate of drug-likeness (QED) is 0.883. The molecule has 0 aliphatic carbocycles. The zero-order valence-corrected chi connectivity index (χ0v) is 15.2. The Labute approximate surface area is 134 Å². The number of nitrogens with one attached hydrogen (secondary N) is 1. The van der Waals surface area contributed by atoms with Gasteiger partial charge in [0.2, 0.25) is 0 Å². The summed E-state index contributed by atoms with van der Waals surface area (Å²) in [5.74, 6) is 0.759. The summed E-state index contributed by atoms with van der Waals surface area (Å²) in [6.45, 7) is 15.3. The van der Waals surface area contributed by atoms with E-state index in [4.69, 9.17) is 0 Å². The van der Waals surface area contributed by atoms with Crippen LogP contribution in [0.3, 0.4) is 0 Å². The van der Waals surface area contributed by atoms with Crippen molar-refractivity contribution in [1.29, 1.82) is 0 Å². The van der Waals surface area contributed by atoms with Gasteiger partial charge in [0.05, 0.1) is 0 Å². The van der Waals surface area contributed by atoms with E-state index in [-0.39, 0.29) is 0 Å². The topological polar surface area (TPSA) is 15.3 Å². The Morgan fingerprint density at radius 1 is 1.43 bits per heavy atom. The molecule has 0 saturated carbocycles. The van der Waals surface area contributed by atoms with Gasteiger partial charge in [-0.3, -0.25) is 4.90 Å². The Morgan fingerprint density at radius 2 is 2.19 bits per heavy atom. The number of rotatable bonds is 5. The number of nitrogens with zero attached hydrogens (tertiary/aromatic N) is 1. The summed E-state index contributed by atoms with van der Waals surface area (Å²) in [4.78, 5) is 4.26. The minimum atomic E-state index is 0.336. The normalized spacial score (nSPS) is 26.0. The van der Waals surface area contributed by atoms with Gasteiger partial charge in [0.15, 0.2) is 0 Å². The van der Waals surface area contributed by atoms with Crippen LogP contribution in [-0.4, -0.2) is 36.6 Å². The molecule has 3 unspecified atom stereocenters. The molecule has 0 radical (unpaired) electrons. The maximum atomic E-state index is 3.81. The van der Waals surface area contributed by atoms with E-state index < -0.39 is 0 Å². The summed E-state index contributed by atoms with van der Waals surface area (Å²) in [6.07, 6.45) is 2.45. The van der Waals surface area contributed by atoms with Gasteiger partial charge in [-0.2, -0.15) is 0 Å². The molecule has 0 aromatic carbocycles. The highest BCUT2D eigenvalue weighted by molar-refractivity contribution is 7.09. The van der Waals surface area contributed by atoms with Crippen molar-refractivity contribution < 1.29 is 0 Å². The predicted molar refractivity (Wildman–Crippen MR) is 94.1 cm³/mol. The third kappa shape index (κ3) is 4.54. The van der Waals surface area contributed by atoms with Crippen molar-refractivity contribution in [2.45, 2.75) is 59.5 Å². The lowest BCUT2D eigenvalue weighted by molar-refractivity contribution is 0.0451. The van der Waals surface area contributed by atoms with Crippen LogP contribution >= 0.6 is 11.3 Å². The molecular formula is C18H32N2S. The first kappa shape index (κ1) is 17.0. The summed E-state index contributed by atoms with van der Waals surface area (Å²) in [5, 5.41) is 6.00. The lowest BCUT2D eigenvalue weighted by atomic mass is 9.82. The molecule has 1 aliphatic heterocycles. The first-order valence-electron chi connectivity index (χ1n) is 8.41. The minimum Gasteiger partial charge on any atom is -0.311 e. The maximum absolute atomic E-state index is 3.81. The van der Waals surface area contributed by atoms with Gasteiger partial charge in [0, 0.05) is 36.6 Å². The summed E-state index contributed by atoms with van der Waals surface area (Å²) in [7, 11) is 0. The van der Waals surface area contributed by atoms with Crippen molar-refractivity contribution in [3.63, 3.8) is 0 Å². The Balaban J connectivity index is 2.01. The Morgan fingerprint density at radius 3 is 2.76 bits per heavy atom. The van der Waals surface area contributed by atoms with Crippen LogP contribution < -0.4 is 5.32 Å². The number of thiophene rings is 1. The molecule has 0 amide bonds. The second-order valence-electron chi connectivity index (χ2n) is 7.61. The lowest BCUT2D eigenvalue weighted by Gasteiger charge is -2.47. The van der Waals surface area contributed by atoms with E-state index in [2.05, 4.69) is 62.3 Å². The molecule has 1 N–H and O–H groups in total. The minimum absolute atomic E-state index is 0.336. The largest absolute Gasteiger partial charge is 0.311 e. The van der Waals surface area contributed by atoms with Crippen LogP contribution in [0.1, 0.15) is 45.9 Å². The van der Waals surface area contributed by atoms with E-state index >= 15 is 0 Å². The van der Waals surface area contributed by atoms with Crippen LogP contribution in [0.25, 0.3) is 0 Å². The highest BCUT2D eigenvalue weighted by Crippen LogP contribution is 2.28. The van der Waals surface area contributed by atoms with Crippen molar-refractivity contribution in [2.24, 2.45) is 11.3 Å². The van der Waals surface area contributed by atoms with E-state index in [1.165, 1.54) is 30.8 Å². The molecule has 1 aliphatic rings. The predicted octanol–water partition coefficient (Wildman–Crippen LogP) is 4.03. The maximum Gasteiger partial charge on any atom is 0.0269 e. The molecule has 0 bridgehead atoms. The summed E-state index contributed by atoms with van der Waals surface area (Å²) in [6, 6.07) is 5.72. The van der Waals surface area contributed by atoms with Crippen LogP contribution in [0.15, 0.2) is 17.5 Å². The summed E-state index contributed by atoms with van der Waals surface area (Å²) >= 11 is 1.89. The van der Waals surface area contributed by atoms with Crippen LogP contribution in [-0.2, 0) is 6.42 Å². The van der Waals surface area contributed by atoms with Crippen LogP contribution in [0.4, 0.5) is 0 Å². The molecule has 2 rings (SSSR count). The Hall–Kier alpha value is -0.380. The molecule has 0 spiro atoms. The van der Waals surface area contributed by atoms with Crippen molar-refractivity contribution in [2.75, 3.05) is 19.6 Å². The average Bonchev–Trinajstić information content (AvgIpc) is 2.96. The fourth-order valence-corrected chi connectivity index (χ4v) is 4.01. The fourth-order valence-electron chi connectivity index (χ4n) is 3.31. The van der Waals surface area contributed by atoms with Crippen molar-refractivity contribution in [1.82, 2.24) is 10.2 Å². The molecule has 21 heavy (non-hydrogen) atoms. The zero-order valence-electron chi connectivity index (χ0n) is 14.4. The lowest BCUT2D eigenvalue weighted by Crippen LogP contribution is -2.62. The van der Waals surface area contributed by atoms with Crippen LogP contribution in [0.2, 0.25) is 0 Å². The molecule has 1 aromatic heterocycles. The van der Waals surface area contributed by atoms with Gasteiger partial charge in [-0.25, -0.2) is 0 Å². The Bertz CT molecular complexity index is 407. The van der Waals surface area contributed by atoms with Gasteiger partial charge in [0.1, 0.15) is 0 Å². The molecule has 2 nitrogen and oxygen atoms in total. The molecule has 3 atom stereocenters. The zero-order chi connectivity index (χ0) is 15.5. The molecule has 1 aromatic rings. The van der Waals surface area contributed by atoms with Crippen LogP contribution in [0.5, 0.6) is 0 Å². The summed E-state index contributed by atoms with van der Waals surface area (Å²) < 4.78 is 0. The van der Waals surface area contributed by atoms with Gasteiger partial charge in [-0.1, -0.05) is 47.1 Å². The molecule has 120 valence electrons. The molecule has 3 heteroatoms.